The van der Waals surface area contributed by atoms with Crippen LogP contribution < -0.4 is 10.1 Å². The van der Waals surface area contributed by atoms with E-state index in [1.54, 1.807) is 51.1 Å². The van der Waals surface area contributed by atoms with Gasteiger partial charge in [0.15, 0.2) is 0 Å². The van der Waals surface area contributed by atoms with Gasteiger partial charge in [-0.05, 0) is 49.6 Å². The van der Waals surface area contributed by atoms with E-state index in [2.05, 4.69) is 5.32 Å². The fourth-order valence-electron chi connectivity index (χ4n) is 2.80. The maximum Gasteiger partial charge on any atom is 0.329 e. The highest BCUT2D eigenvalue weighted by atomic mass is 16.6. The third kappa shape index (κ3) is 6.04. The Morgan fingerprint density at radius 3 is 2.33 bits per heavy atom. The van der Waals surface area contributed by atoms with Gasteiger partial charge in [0, 0.05) is 17.7 Å². The van der Waals surface area contributed by atoms with Crippen LogP contribution in [0.1, 0.15) is 49.7 Å². The van der Waals surface area contributed by atoms with E-state index in [9.17, 15) is 19.7 Å². The number of esters is 1. The predicted molar refractivity (Wildman–Crippen MR) is 111 cm³/mol. The number of ether oxygens (including phenoxy) is 2. The molecule has 2 aromatic rings. The second kappa shape index (κ2) is 10.4. The van der Waals surface area contributed by atoms with Gasteiger partial charge in [-0.3, -0.25) is 14.9 Å². The van der Waals surface area contributed by atoms with Crippen LogP contribution in [-0.2, 0) is 9.53 Å². The molecule has 0 fully saturated rings. The Balaban J connectivity index is 2.07. The zero-order chi connectivity index (χ0) is 22.3. The lowest BCUT2D eigenvalue weighted by Gasteiger charge is -2.23. The normalized spacial score (nSPS) is 12.7. The first-order chi connectivity index (χ1) is 14.2. The molecule has 8 heteroatoms. The van der Waals surface area contributed by atoms with Crippen molar-refractivity contribution in [2.45, 2.75) is 39.8 Å². The van der Waals surface area contributed by atoms with Crippen LogP contribution in [0.5, 0.6) is 5.75 Å². The highest BCUT2D eigenvalue weighted by Gasteiger charge is 2.28. The zero-order valence-electron chi connectivity index (χ0n) is 17.5. The number of amides is 1. The average molecular weight is 414 g/mol. The summed E-state index contributed by atoms with van der Waals surface area (Å²) in [6, 6.07) is 11.7. The summed E-state index contributed by atoms with van der Waals surface area (Å²) in [6.45, 7) is 7.61. The number of nitro groups is 1. The number of hydrogen-bond donors (Lipinski definition) is 1. The number of nitrogens with one attached hydrogen (secondary N) is 1. The summed E-state index contributed by atoms with van der Waals surface area (Å²) in [5.41, 5.74) is 0.807. The molecule has 0 spiro atoms. The van der Waals surface area contributed by atoms with Crippen molar-refractivity contribution < 1.29 is 24.0 Å². The molecule has 2 atom stereocenters. The molecule has 0 saturated carbocycles. The minimum absolute atomic E-state index is 0.0837. The van der Waals surface area contributed by atoms with Gasteiger partial charge in [-0.25, -0.2) is 4.79 Å². The first-order valence-electron chi connectivity index (χ1n) is 9.71. The van der Waals surface area contributed by atoms with E-state index in [0.717, 1.165) is 0 Å². The molecule has 0 saturated heterocycles. The number of non-ortho nitro benzene ring substituents is 1. The molecule has 0 unspecified atom stereocenters. The van der Waals surface area contributed by atoms with E-state index in [4.69, 9.17) is 9.47 Å². The lowest BCUT2D eigenvalue weighted by Crippen LogP contribution is -2.45. The molecule has 0 aromatic heterocycles. The molecule has 1 amide bonds. The van der Waals surface area contributed by atoms with E-state index < -0.39 is 28.9 Å². The van der Waals surface area contributed by atoms with E-state index in [-0.39, 0.29) is 11.6 Å². The standard InChI is InChI=1S/C22H26N2O6/c1-5-29-19-11-9-16(10-12-19)21(25)23-20(14(2)3)22(26)30-15(4)17-7-6-8-18(13-17)24(27)28/h6-15,20H,5H2,1-4H3,(H,23,25)/t15-,20+/m1/s1. The van der Waals surface area contributed by atoms with Crippen LogP contribution in [0.3, 0.4) is 0 Å². The zero-order valence-corrected chi connectivity index (χ0v) is 17.5. The molecule has 0 heterocycles. The first kappa shape index (κ1) is 22.9. The molecule has 0 aliphatic carbocycles. The minimum atomic E-state index is -0.870. The van der Waals surface area contributed by atoms with Gasteiger partial charge in [-0.1, -0.05) is 26.0 Å². The van der Waals surface area contributed by atoms with Crippen LogP contribution >= 0.6 is 0 Å². The molecule has 0 radical (unpaired) electrons. The number of nitrogens with zero attached hydrogens (tertiary/aromatic N) is 1. The van der Waals surface area contributed by atoms with Crippen molar-refractivity contribution >= 4 is 17.6 Å². The van der Waals surface area contributed by atoms with Gasteiger partial charge in [0.2, 0.25) is 0 Å². The van der Waals surface area contributed by atoms with E-state index in [1.165, 1.54) is 18.2 Å². The number of carbonyl (C=O) groups excluding carboxylic acids is 2. The van der Waals surface area contributed by atoms with Crippen molar-refractivity contribution in [3.05, 3.63) is 69.8 Å². The quantitative estimate of drug-likeness (QED) is 0.377. The van der Waals surface area contributed by atoms with Gasteiger partial charge >= 0.3 is 5.97 Å². The predicted octanol–water partition coefficient (Wildman–Crippen LogP) is 4.05. The summed E-state index contributed by atoms with van der Waals surface area (Å²) in [5, 5.41) is 13.7. The SMILES string of the molecule is CCOc1ccc(C(=O)N[C@H](C(=O)O[C@H](C)c2cccc([N+](=O)[O-])c2)C(C)C)cc1. The molecule has 0 aliphatic rings. The summed E-state index contributed by atoms with van der Waals surface area (Å²) in [6.07, 6.45) is -0.707. The molecule has 2 rings (SSSR count). The maximum absolute atomic E-state index is 12.7. The topological polar surface area (TPSA) is 108 Å². The van der Waals surface area contributed by atoms with Gasteiger partial charge in [0.25, 0.3) is 11.6 Å². The molecule has 1 N–H and O–H groups in total. The third-order valence-electron chi connectivity index (χ3n) is 4.48. The Bertz CT molecular complexity index is 895. The highest BCUT2D eigenvalue weighted by molar-refractivity contribution is 5.97. The summed E-state index contributed by atoms with van der Waals surface area (Å²) in [5.74, 6) is -0.582. The van der Waals surface area contributed by atoms with Gasteiger partial charge in [-0.2, -0.15) is 0 Å². The summed E-state index contributed by atoms with van der Waals surface area (Å²) < 4.78 is 10.8. The fraction of sp³-hybridized carbons (Fsp3) is 0.364. The minimum Gasteiger partial charge on any atom is -0.494 e. The van der Waals surface area contributed by atoms with Gasteiger partial charge < -0.3 is 14.8 Å². The van der Waals surface area contributed by atoms with E-state index in [1.807, 2.05) is 6.92 Å². The largest absolute Gasteiger partial charge is 0.494 e. The molecule has 30 heavy (non-hydrogen) atoms. The Morgan fingerprint density at radius 1 is 1.10 bits per heavy atom. The summed E-state index contributed by atoms with van der Waals surface area (Å²) >= 11 is 0. The van der Waals surface area contributed by atoms with Crippen LogP contribution in [0.4, 0.5) is 5.69 Å². The average Bonchev–Trinajstić information content (AvgIpc) is 2.72. The van der Waals surface area contributed by atoms with E-state index in [0.29, 0.717) is 23.5 Å². The van der Waals surface area contributed by atoms with Gasteiger partial charge in [-0.15, -0.1) is 0 Å². The maximum atomic E-state index is 12.7. The molecular weight excluding hydrogens is 388 g/mol. The second-order valence-corrected chi connectivity index (χ2v) is 7.08. The lowest BCUT2D eigenvalue weighted by atomic mass is 10.0. The Kier molecular flexibility index (Phi) is 7.91. The molecular formula is C22H26N2O6. The lowest BCUT2D eigenvalue weighted by molar-refractivity contribution is -0.385. The Hall–Kier alpha value is -3.42. The van der Waals surface area contributed by atoms with Crippen LogP contribution in [0.2, 0.25) is 0 Å². The van der Waals surface area contributed by atoms with Crippen molar-refractivity contribution in [3.8, 4) is 5.75 Å². The Labute approximate surface area is 175 Å². The number of rotatable bonds is 9. The molecule has 8 nitrogen and oxygen atoms in total. The van der Waals surface area contributed by atoms with Crippen molar-refractivity contribution in [2.24, 2.45) is 5.92 Å². The van der Waals surface area contributed by atoms with Crippen molar-refractivity contribution in [3.63, 3.8) is 0 Å². The number of carbonyl (C=O) groups is 2. The van der Waals surface area contributed by atoms with Crippen molar-refractivity contribution in [1.29, 1.82) is 0 Å². The third-order valence-corrected chi connectivity index (χ3v) is 4.48. The van der Waals surface area contributed by atoms with Crippen LogP contribution in [-0.4, -0.2) is 29.4 Å². The molecule has 160 valence electrons. The molecule has 2 aromatic carbocycles. The summed E-state index contributed by atoms with van der Waals surface area (Å²) in [4.78, 5) is 35.7. The van der Waals surface area contributed by atoms with Gasteiger partial charge in [0.05, 0.1) is 11.5 Å². The first-order valence-corrected chi connectivity index (χ1v) is 9.71. The fourth-order valence-corrected chi connectivity index (χ4v) is 2.80. The number of benzene rings is 2. The van der Waals surface area contributed by atoms with Crippen LogP contribution in [0, 0.1) is 16.0 Å². The summed E-state index contributed by atoms with van der Waals surface area (Å²) in [7, 11) is 0. The number of nitro benzene ring substituents is 1. The smallest absolute Gasteiger partial charge is 0.329 e. The van der Waals surface area contributed by atoms with Crippen molar-refractivity contribution in [2.75, 3.05) is 6.61 Å². The second-order valence-electron chi connectivity index (χ2n) is 7.08. The monoisotopic (exact) mass is 414 g/mol. The van der Waals surface area contributed by atoms with Crippen LogP contribution in [0.15, 0.2) is 48.5 Å². The van der Waals surface area contributed by atoms with Crippen LogP contribution in [0.25, 0.3) is 0 Å². The van der Waals surface area contributed by atoms with Gasteiger partial charge in [0.1, 0.15) is 17.9 Å². The van der Waals surface area contributed by atoms with Crippen molar-refractivity contribution in [1.82, 2.24) is 5.32 Å². The van der Waals surface area contributed by atoms with E-state index >= 15 is 0 Å². The number of hydrogen-bond acceptors (Lipinski definition) is 6. The highest BCUT2D eigenvalue weighted by Crippen LogP contribution is 2.23. The molecule has 0 bridgehead atoms. The molecule has 0 aliphatic heterocycles. The Morgan fingerprint density at radius 2 is 1.77 bits per heavy atom.